The molecule has 0 atom stereocenters. The molecule has 0 radical (unpaired) electrons. The van der Waals surface area contributed by atoms with Crippen LogP contribution in [0.15, 0.2) is 181 Å². The summed E-state index contributed by atoms with van der Waals surface area (Å²) in [4.78, 5) is 22.1. The van der Waals surface area contributed by atoms with Crippen molar-refractivity contribution >= 4 is 39.9 Å². The van der Waals surface area contributed by atoms with Crippen LogP contribution < -0.4 is 4.90 Å². The SMILES string of the molecule is C=Nc1c(N2C=CC=CC2)c(-c2cccc(-c3ccc(-c4nc(-c5cccc(-c6ccccc6)c5)nc5ccccc45)cc3)c2)nc2ccccc12. The quantitative estimate of drug-likeness (QED) is 0.159. The molecule has 246 valence electrons. The molecule has 0 unspecified atom stereocenters. The number of fused-ring (bicyclic) bond motifs is 2. The van der Waals surface area contributed by atoms with Gasteiger partial charge < -0.3 is 4.90 Å². The van der Waals surface area contributed by atoms with E-state index in [1.54, 1.807) is 0 Å². The Bertz CT molecular complexity index is 2680. The smallest absolute Gasteiger partial charge is 0.160 e. The Morgan fingerprint density at radius 2 is 1.08 bits per heavy atom. The monoisotopic (exact) mass is 667 g/mol. The van der Waals surface area contributed by atoms with Crippen molar-refractivity contribution in [3.8, 4) is 56.2 Å². The van der Waals surface area contributed by atoms with Gasteiger partial charge in [-0.25, -0.2) is 15.0 Å². The summed E-state index contributed by atoms with van der Waals surface area (Å²) in [5, 5.41) is 2.00. The number of benzene rings is 6. The van der Waals surface area contributed by atoms with E-state index in [9.17, 15) is 0 Å². The van der Waals surface area contributed by atoms with Gasteiger partial charge in [0, 0.05) is 40.2 Å². The first kappa shape index (κ1) is 31.0. The number of aromatic nitrogens is 3. The molecule has 1 aliphatic heterocycles. The van der Waals surface area contributed by atoms with Crippen molar-refractivity contribution in [2.75, 3.05) is 11.4 Å². The van der Waals surface area contributed by atoms with Gasteiger partial charge in [-0.3, -0.25) is 4.99 Å². The number of hydrogen-bond donors (Lipinski definition) is 0. The Kier molecular flexibility index (Phi) is 7.99. The molecule has 8 aromatic rings. The van der Waals surface area contributed by atoms with Crippen molar-refractivity contribution in [1.29, 1.82) is 0 Å². The lowest BCUT2D eigenvalue weighted by atomic mass is 9.97. The van der Waals surface area contributed by atoms with Crippen molar-refractivity contribution in [3.63, 3.8) is 0 Å². The van der Waals surface area contributed by atoms with E-state index in [4.69, 9.17) is 15.0 Å². The molecule has 0 spiro atoms. The van der Waals surface area contributed by atoms with Gasteiger partial charge in [0.2, 0.25) is 0 Å². The van der Waals surface area contributed by atoms with Crippen LogP contribution in [0.1, 0.15) is 0 Å². The van der Waals surface area contributed by atoms with E-state index in [0.717, 1.165) is 90.1 Å². The molecule has 0 bridgehead atoms. The number of rotatable bonds is 7. The summed E-state index contributed by atoms with van der Waals surface area (Å²) in [5.41, 5.74) is 12.9. The number of allylic oxidation sites excluding steroid dienone is 2. The van der Waals surface area contributed by atoms with Gasteiger partial charge in [-0.15, -0.1) is 0 Å². The molecule has 0 fully saturated rings. The van der Waals surface area contributed by atoms with Crippen molar-refractivity contribution in [1.82, 2.24) is 15.0 Å². The largest absolute Gasteiger partial charge is 0.341 e. The zero-order valence-electron chi connectivity index (χ0n) is 28.4. The molecule has 0 amide bonds. The average molecular weight is 668 g/mol. The fraction of sp³-hybridized carbons (Fsp3) is 0.0213. The minimum absolute atomic E-state index is 0.703. The summed E-state index contributed by atoms with van der Waals surface area (Å²) in [7, 11) is 0. The third-order valence-corrected chi connectivity index (χ3v) is 9.56. The zero-order chi connectivity index (χ0) is 34.9. The second-order valence-electron chi connectivity index (χ2n) is 12.8. The van der Waals surface area contributed by atoms with Crippen LogP contribution in [0.3, 0.4) is 0 Å². The van der Waals surface area contributed by atoms with Crippen LogP contribution in [0.2, 0.25) is 0 Å². The summed E-state index contributed by atoms with van der Waals surface area (Å²) in [6, 6.07) is 52.5. The minimum atomic E-state index is 0.703. The average Bonchev–Trinajstić information content (AvgIpc) is 3.23. The molecule has 52 heavy (non-hydrogen) atoms. The molecule has 2 aromatic heterocycles. The van der Waals surface area contributed by atoms with Crippen molar-refractivity contribution in [2.24, 2.45) is 4.99 Å². The predicted octanol–water partition coefficient (Wildman–Crippen LogP) is 11.7. The summed E-state index contributed by atoms with van der Waals surface area (Å²) >= 11 is 0. The van der Waals surface area contributed by atoms with Gasteiger partial charge in [0.1, 0.15) is 0 Å². The number of nitrogens with zero attached hydrogens (tertiary/aromatic N) is 5. The van der Waals surface area contributed by atoms with E-state index >= 15 is 0 Å². The van der Waals surface area contributed by atoms with Gasteiger partial charge in [-0.05, 0) is 59.3 Å². The molecule has 5 heteroatoms. The molecule has 1 aliphatic rings. The number of para-hydroxylation sites is 2. The highest BCUT2D eigenvalue weighted by Crippen LogP contribution is 2.43. The fourth-order valence-corrected chi connectivity index (χ4v) is 7.01. The van der Waals surface area contributed by atoms with Crippen molar-refractivity contribution < 1.29 is 0 Å². The number of pyridine rings is 1. The second-order valence-corrected chi connectivity index (χ2v) is 12.8. The maximum atomic E-state index is 5.20. The van der Waals surface area contributed by atoms with Gasteiger partial charge >= 0.3 is 0 Å². The first-order valence-corrected chi connectivity index (χ1v) is 17.4. The minimum Gasteiger partial charge on any atom is -0.341 e. The Hall–Kier alpha value is -6.98. The summed E-state index contributed by atoms with van der Waals surface area (Å²) in [6.45, 7) is 4.70. The van der Waals surface area contributed by atoms with Crippen LogP contribution in [-0.4, -0.2) is 28.2 Å². The zero-order valence-corrected chi connectivity index (χ0v) is 28.4. The molecule has 0 aliphatic carbocycles. The normalized spacial score (nSPS) is 12.4. The molecule has 0 saturated carbocycles. The van der Waals surface area contributed by atoms with Crippen LogP contribution in [-0.2, 0) is 0 Å². The lowest BCUT2D eigenvalue weighted by Gasteiger charge is -2.26. The van der Waals surface area contributed by atoms with Gasteiger partial charge in [0.15, 0.2) is 5.82 Å². The van der Waals surface area contributed by atoms with Crippen LogP contribution >= 0.6 is 0 Å². The number of anilines is 1. The Morgan fingerprint density at radius 1 is 0.481 bits per heavy atom. The van der Waals surface area contributed by atoms with Crippen molar-refractivity contribution in [2.45, 2.75) is 0 Å². The highest BCUT2D eigenvalue weighted by Gasteiger charge is 2.21. The van der Waals surface area contributed by atoms with Crippen LogP contribution in [0.4, 0.5) is 11.4 Å². The Balaban J connectivity index is 1.11. The predicted molar refractivity (Wildman–Crippen MR) is 217 cm³/mol. The van der Waals surface area contributed by atoms with Gasteiger partial charge in [0.05, 0.1) is 33.8 Å². The van der Waals surface area contributed by atoms with Gasteiger partial charge in [-0.2, -0.15) is 0 Å². The maximum absolute atomic E-state index is 5.20. The van der Waals surface area contributed by atoms with Crippen molar-refractivity contribution in [3.05, 3.63) is 176 Å². The molecule has 0 N–H and O–H groups in total. The molecule has 3 heterocycles. The third-order valence-electron chi connectivity index (χ3n) is 9.56. The van der Waals surface area contributed by atoms with E-state index in [0.29, 0.717) is 5.82 Å². The molecule has 9 rings (SSSR count). The fourth-order valence-electron chi connectivity index (χ4n) is 7.01. The molecule has 6 aromatic carbocycles. The molecule has 0 saturated heterocycles. The lowest BCUT2D eigenvalue weighted by molar-refractivity contribution is 1.07. The Morgan fingerprint density at radius 3 is 1.81 bits per heavy atom. The van der Waals surface area contributed by atoms with Gasteiger partial charge in [0.25, 0.3) is 0 Å². The topological polar surface area (TPSA) is 54.3 Å². The highest BCUT2D eigenvalue weighted by atomic mass is 15.1. The molecular weight excluding hydrogens is 635 g/mol. The van der Waals surface area contributed by atoms with Crippen LogP contribution in [0.25, 0.3) is 78.0 Å². The first-order chi connectivity index (χ1) is 25.7. The van der Waals surface area contributed by atoms with Gasteiger partial charge in [-0.1, -0.05) is 140 Å². The van der Waals surface area contributed by atoms with E-state index in [1.807, 2.05) is 42.5 Å². The van der Waals surface area contributed by atoms with Crippen LogP contribution in [0.5, 0.6) is 0 Å². The lowest BCUT2D eigenvalue weighted by Crippen LogP contribution is -2.19. The van der Waals surface area contributed by atoms with Crippen LogP contribution in [0, 0.1) is 0 Å². The summed E-state index contributed by atoms with van der Waals surface area (Å²) in [5.74, 6) is 0.703. The van der Waals surface area contributed by atoms with E-state index in [2.05, 4.69) is 150 Å². The molecular formula is C47H33N5. The standard InChI is InChI=1S/C47H33N5/c1-48-45-40-21-7-8-22-41(40)49-44(46(45)52-28-10-3-11-29-52)37-18-12-16-35(30-37)33-24-26-34(27-25-33)43-39-20-6-9-23-42(39)50-47(51-43)38-19-13-17-36(31-38)32-14-4-2-5-15-32/h2-28,30-31H,1,29H2. The summed E-state index contributed by atoms with van der Waals surface area (Å²) < 4.78 is 0. The summed E-state index contributed by atoms with van der Waals surface area (Å²) in [6.07, 6.45) is 8.31. The molecule has 5 nitrogen and oxygen atoms in total. The van der Waals surface area contributed by atoms with E-state index in [1.165, 1.54) is 0 Å². The maximum Gasteiger partial charge on any atom is 0.160 e. The highest BCUT2D eigenvalue weighted by molar-refractivity contribution is 6.03. The number of hydrogen-bond acceptors (Lipinski definition) is 5. The van der Waals surface area contributed by atoms with E-state index < -0.39 is 0 Å². The third kappa shape index (κ3) is 5.74. The Labute approximate surface area is 302 Å². The van der Waals surface area contributed by atoms with E-state index in [-0.39, 0.29) is 0 Å². The number of aliphatic imine (C=N–C) groups is 1. The second kappa shape index (κ2) is 13.4. The first-order valence-electron chi connectivity index (χ1n) is 17.4.